The second-order valence-electron chi connectivity index (χ2n) is 3.63. The Balaban J connectivity index is 3.87. The largest absolute Gasteiger partial charge is 0.335 e. The van der Waals surface area contributed by atoms with E-state index in [2.05, 4.69) is 17.6 Å². The van der Waals surface area contributed by atoms with Crippen molar-refractivity contribution < 1.29 is 9.59 Å². The number of alkyl halides is 1. The Morgan fingerprint density at radius 3 is 2.40 bits per heavy atom. The summed E-state index contributed by atoms with van der Waals surface area (Å²) in [5, 5.41) is 4.92. The van der Waals surface area contributed by atoms with Gasteiger partial charge in [-0.05, 0) is 12.8 Å². The lowest BCUT2D eigenvalue weighted by molar-refractivity contribution is -0.119. The van der Waals surface area contributed by atoms with Gasteiger partial charge in [-0.25, -0.2) is 4.79 Å². The third-order valence-electron chi connectivity index (χ3n) is 2.43. The Kier molecular flexibility index (Phi) is 7.13. The Hall–Kier alpha value is -0.770. The first-order chi connectivity index (χ1) is 7.01. The van der Waals surface area contributed by atoms with Crippen LogP contribution in [0, 0.1) is 5.92 Å². The summed E-state index contributed by atoms with van der Waals surface area (Å²) in [5.74, 6) is 0.262. The van der Waals surface area contributed by atoms with Gasteiger partial charge in [0.1, 0.15) is 0 Å². The van der Waals surface area contributed by atoms with Gasteiger partial charge in [0, 0.05) is 18.3 Å². The van der Waals surface area contributed by atoms with E-state index in [0.717, 1.165) is 6.42 Å². The Bertz CT molecular complexity index is 221. The summed E-state index contributed by atoms with van der Waals surface area (Å²) < 4.78 is 0. The van der Waals surface area contributed by atoms with Crippen LogP contribution in [0.5, 0.6) is 0 Å². The van der Waals surface area contributed by atoms with Gasteiger partial charge in [0.2, 0.25) is 5.91 Å². The smallest absolute Gasteiger partial charge is 0.321 e. The summed E-state index contributed by atoms with van der Waals surface area (Å²) in [6.45, 7) is 6.02. The molecule has 2 unspecified atom stereocenters. The Morgan fingerprint density at radius 2 is 1.93 bits per heavy atom. The highest BCUT2D eigenvalue weighted by atomic mass is 35.5. The van der Waals surface area contributed by atoms with Crippen LogP contribution in [0.3, 0.4) is 0 Å². The van der Waals surface area contributed by atoms with Crippen LogP contribution in [-0.4, -0.2) is 23.9 Å². The van der Waals surface area contributed by atoms with E-state index in [0.29, 0.717) is 5.92 Å². The summed E-state index contributed by atoms with van der Waals surface area (Å²) in [6.07, 6.45) is 1.14. The van der Waals surface area contributed by atoms with Gasteiger partial charge < -0.3 is 5.32 Å². The van der Waals surface area contributed by atoms with Gasteiger partial charge in [-0.3, -0.25) is 10.1 Å². The van der Waals surface area contributed by atoms with Gasteiger partial charge in [-0.2, -0.15) is 0 Å². The normalized spacial score (nSPS) is 14.1. The number of hydrogen-bond donors (Lipinski definition) is 2. The molecule has 0 aliphatic carbocycles. The summed E-state index contributed by atoms with van der Waals surface area (Å²) >= 11 is 5.37. The van der Waals surface area contributed by atoms with E-state index in [9.17, 15) is 9.59 Å². The van der Waals surface area contributed by atoms with Crippen LogP contribution in [0.15, 0.2) is 0 Å². The quantitative estimate of drug-likeness (QED) is 0.714. The molecule has 2 N–H and O–H groups in total. The molecule has 0 aromatic heterocycles. The first kappa shape index (κ1) is 14.2. The zero-order chi connectivity index (χ0) is 11.8. The summed E-state index contributed by atoms with van der Waals surface area (Å²) in [5.41, 5.74) is 0. The van der Waals surface area contributed by atoms with Gasteiger partial charge in [-0.1, -0.05) is 20.3 Å². The Labute approximate surface area is 95.7 Å². The van der Waals surface area contributed by atoms with Crippen molar-refractivity contribution in [3.63, 3.8) is 0 Å². The standard InChI is InChI=1S/C10H19ClN2O2/c1-4-7(2)8(3)12-10(15)13-9(14)5-6-11/h7-8H,4-6H2,1-3H3,(H2,12,13,14,15). The fraction of sp³-hybridized carbons (Fsp3) is 0.800. The highest BCUT2D eigenvalue weighted by Gasteiger charge is 2.14. The van der Waals surface area contributed by atoms with Crippen molar-refractivity contribution in [1.82, 2.24) is 10.6 Å². The molecule has 88 valence electrons. The number of carbonyl (C=O) groups is 2. The average molecular weight is 235 g/mol. The number of urea groups is 1. The number of imide groups is 1. The van der Waals surface area contributed by atoms with Crippen LogP contribution in [0.4, 0.5) is 4.79 Å². The molecule has 0 fully saturated rings. The SMILES string of the molecule is CCC(C)C(C)NC(=O)NC(=O)CCCl. The molecule has 5 heteroatoms. The van der Waals surface area contributed by atoms with Crippen LogP contribution in [-0.2, 0) is 4.79 Å². The third-order valence-corrected chi connectivity index (χ3v) is 2.62. The molecule has 0 aliphatic rings. The molecular formula is C10H19ClN2O2. The van der Waals surface area contributed by atoms with E-state index in [4.69, 9.17) is 11.6 Å². The molecular weight excluding hydrogens is 216 g/mol. The summed E-state index contributed by atoms with van der Waals surface area (Å²) in [7, 11) is 0. The van der Waals surface area contributed by atoms with Crippen molar-refractivity contribution in [3.05, 3.63) is 0 Å². The maximum Gasteiger partial charge on any atom is 0.321 e. The van der Waals surface area contributed by atoms with E-state index in [1.54, 1.807) is 0 Å². The van der Waals surface area contributed by atoms with Gasteiger partial charge in [0.25, 0.3) is 0 Å². The Morgan fingerprint density at radius 1 is 1.33 bits per heavy atom. The van der Waals surface area contributed by atoms with E-state index in [1.807, 2.05) is 13.8 Å². The number of amides is 3. The van der Waals surface area contributed by atoms with Crippen LogP contribution >= 0.6 is 11.6 Å². The summed E-state index contributed by atoms with van der Waals surface area (Å²) in [4.78, 5) is 22.3. The van der Waals surface area contributed by atoms with Gasteiger partial charge in [0.05, 0.1) is 0 Å². The first-order valence-electron chi connectivity index (χ1n) is 5.17. The fourth-order valence-electron chi connectivity index (χ4n) is 1.01. The highest BCUT2D eigenvalue weighted by molar-refractivity contribution is 6.19. The molecule has 0 saturated heterocycles. The van der Waals surface area contributed by atoms with Crippen molar-refractivity contribution in [2.45, 2.75) is 39.7 Å². The monoisotopic (exact) mass is 234 g/mol. The molecule has 0 aliphatic heterocycles. The fourth-order valence-corrected chi connectivity index (χ4v) is 1.19. The van der Waals surface area contributed by atoms with Crippen LogP contribution in [0.1, 0.15) is 33.6 Å². The molecule has 4 nitrogen and oxygen atoms in total. The van der Waals surface area contributed by atoms with E-state index >= 15 is 0 Å². The van der Waals surface area contributed by atoms with Crippen molar-refractivity contribution in [1.29, 1.82) is 0 Å². The van der Waals surface area contributed by atoms with Crippen LogP contribution in [0.2, 0.25) is 0 Å². The summed E-state index contributed by atoms with van der Waals surface area (Å²) in [6, 6.07) is -0.392. The van der Waals surface area contributed by atoms with E-state index in [1.165, 1.54) is 0 Å². The lowest BCUT2D eigenvalue weighted by Gasteiger charge is -2.19. The molecule has 0 heterocycles. The van der Waals surface area contributed by atoms with Crippen molar-refractivity contribution in [2.75, 3.05) is 5.88 Å². The molecule has 0 aromatic rings. The zero-order valence-corrected chi connectivity index (χ0v) is 10.2. The van der Waals surface area contributed by atoms with Crippen molar-refractivity contribution >= 4 is 23.5 Å². The molecule has 3 amide bonds. The molecule has 0 bridgehead atoms. The highest BCUT2D eigenvalue weighted by Crippen LogP contribution is 2.05. The zero-order valence-electron chi connectivity index (χ0n) is 9.47. The topological polar surface area (TPSA) is 58.2 Å². The number of hydrogen-bond acceptors (Lipinski definition) is 2. The van der Waals surface area contributed by atoms with Gasteiger partial charge in [-0.15, -0.1) is 11.6 Å². The van der Waals surface area contributed by atoms with Crippen LogP contribution < -0.4 is 10.6 Å². The van der Waals surface area contributed by atoms with Gasteiger partial charge >= 0.3 is 6.03 Å². The van der Waals surface area contributed by atoms with Gasteiger partial charge in [0.15, 0.2) is 0 Å². The third kappa shape index (κ3) is 6.33. The van der Waals surface area contributed by atoms with Crippen LogP contribution in [0.25, 0.3) is 0 Å². The molecule has 0 spiro atoms. The molecule has 0 radical (unpaired) electrons. The number of nitrogens with one attached hydrogen (secondary N) is 2. The predicted molar refractivity (Wildman–Crippen MR) is 60.9 cm³/mol. The predicted octanol–water partition coefficient (Wildman–Crippen LogP) is 1.88. The molecule has 0 saturated carbocycles. The lowest BCUT2D eigenvalue weighted by atomic mass is 10.0. The molecule has 0 aromatic carbocycles. The van der Waals surface area contributed by atoms with E-state index < -0.39 is 6.03 Å². The maximum absolute atomic E-state index is 11.3. The number of rotatable bonds is 5. The minimum atomic E-state index is -0.446. The lowest BCUT2D eigenvalue weighted by Crippen LogP contribution is -2.45. The maximum atomic E-state index is 11.3. The second kappa shape index (κ2) is 7.51. The molecule has 2 atom stereocenters. The number of halogens is 1. The average Bonchev–Trinajstić information content (AvgIpc) is 2.16. The second-order valence-corrected chi connectivity index (χ2v) is 4.01. The van der Waals surface area contributed by atoms with Crippen molar-refractivity contribution in [2.24, 2.45) is 5.92 Å². The minimum Gasteiger partial charge on any atom is -0.335 e. The first-order valence-corrected chi connectivity index (χ1v) is 5.71. The molecule has 0 rings (SSSR count). The van der Waals surface area contributed by atoms with E-state index in [-0.39, 0.29) is 24.2 Å². The molecule has 15 heavy (non-hydrogen) atoms. The van der Waals surface area contributed by atoms with Crippen molar-refractivity contribution in [3.8, 4) is 0 Å². The minimum absolute atomic E-state index is 0.0544. The number of carbonyl (C=O) groups excluding carboxylic acids is 2.